The molecule has 0 aromatic heterocycles. The predicted molar refractivity (Wildman–Crippen MR) is 92.4 cm³/mol. The molecule has 0 spiro atoms. The summed E-state index contributed by atoms with van der Waals surface area (Å²) in [4.78, 5) is 12.1. The molecule has 0 aliphatic carbocycles. The van der Waals surface area contributed by atoms with E-state index in [1.165, 1.54) is 0 Å². The highest BCUT2D eigenvalue weighted by atomic mass is 16.6. The van der Waals surface area contributed by atoms with E-state index in [1.54, 1.807) is 7.05 Å². The molecule has 1 heterocycles. The second kappa shape index (κ2) is 7.84. The summed E-state index contributed by atoms with van der Waals surface area (Å²) in [6.07, 6.45) is 0.507. The van der Waals surface area contributed by atoms with Crippen LogP contribution >= 0.6 is 0 Å². The lowest BCUT2D eigenvalue weighted by Crippen LogP contribution is -2.49. The van der Waals surface area contributed by atoms with Crippen LogP contribution in [0.15, 0.2) is 54.6 Å². The lowest BCUT2D eigenvalue weighted by Gasteiger charge is -2.28. The Bertz CT molecular complexity index is 675. The maximum Gasteiger partial charge on any atom is 0.237 e. The summed E-state index contributed by atoms with van der Waals surface area (Å²) in [5, 5.41) is 6.02. The first-order chi connectivity index (χ1) is 11.8. The third-order valence-electron chi connectivity index (χ3n) is 4.00. The van der Waals surface area contributed by atoms with Gasteiger partial charge < -0.3 is 20.1 Å². The van der Waals surface area contributed by atoms with E-state index in [9.17, 15) is 4.79 Å². The average Bonchev–Trinajstić information content (AvgIpc) is 2.65. The minimum absolute atomic E-state index is 0.0315. The molecule has 0 unspecified atom stereocenters. The first kappa shape index (κ1) is 16.3. The highest BCUT2D eigenvalue weighted by Gasteiger charge is 2.23. The molecule has 5 nitrogen and oxygen atoms in total. The first-order valence-electron chi connectivity index (χ1n) is 8.13. The quantitative estimate of drug-likeness (QED) is 0.849. The number of hydrogen-bond acceptors (Lipinski definition) is 4. The van der Waals surface area contributed by atoms with Crippen LogP contribution in [0.25, 0.3) is 0 Å². The third-order valence-corrected chi connectivity index (χ3v) is 4.00. The van der Waals surface area contributed by atoms with Gasteiger partial charge in [-0.3, -0.25) is 4.79 Å². The monoisotopic (exact) mass is 326 g/mol. The van der Waals surface area contributed by atoms with Crippen LogP contribution < -0.4 is 20.1 Å². The molecule has 24 heavy (non-hydrogen) atoms. The van der Waals surface area contributed by atoms with Crippen molar-refractivity contribution in [1.82, 2.24) is 10.6 Å². The van der Waals surface area contributed by atoms with Crippen molar-refractivity contribution in [2.24, 2.45) is 0 Å². The van der Waals surface area contributed by atoms with Crippen LogP contribution in [-0.4, -0.2) is 38.3 Å². The Labute approximate surface area is 142 Å². The minimum atomic E-state index is -0.307. The summed E-state index contributed by atoms with van der Waals surface area (Å²) in [7, 11) is 1.65. The molecule has 2 aromatic carbocycles. The topological polar surface area (TPSA) is 59.6 Å². The standard InChI is InChI=1S/C19H22N2O3/c1-20-19(22)16(11-14-7-3-2-4-8-14)21-12-15-13-23-17-9-5-6-10-18(17)24-15/h2-10,15-16,21H,11-13H2,1H3,(H,20,22)/t15-,16-/m0/s1. The molecule has 5 heteroatoms. The Morgan fingerprint density at radius 3 is 2.58 bits per heavy atom. The fourth-order valence-corrected chi connectivity index (χ4v) is 2.72. The van der Waals surface area contributed by atoms with Crippen molar-refractivity contribution in [3.05, 3.63) is 60.2 Å². The average molecular weight is 326 g/mol. The zero-order valence-corrected chi connectivity index (χ0v) is 13.7. The second-order valence-electron chi connectivity index (χ2n) is 5.76. The summed E-state index contributed by atoms with van der Waals surface area (Å²) in [5.74, 6) is 1.48. The number of carbonyl (C=O) groups excluding carboxylic acids is 1. The van der Waals surface area contributed by atoms with Crippen LogP contribution in [0.4, 0.5) is 0 Å². The van der Waals surface area contributed by atoms with E-state index in [0.29, 0.717) is 19.6 Å². The number of hydrogen-bond donors (Lipinski definition) is 2. The van der Waals surface area contributed by atoms with E-state index >= 15 is 0 Å². The molecule has 1 aliphatic rings. The van der Waals surface area contributed by atoms with Crippen molar-refractivity contribution >= 4 is 5.91 Å². The molecule has 0 saturated carbocycles. The van der Waals surface area contributed by atoms with Crippen molar-refractivity contribution in [1.29, 1.82) is 0 Å². The van der Waals surface area contributed by atoms with Crippen molar-refractivity contribution in [2.75, 3.05) is 20.2 Å². The smallest absolute Gasteiger partial charge is 0.237 e. The number of amides is 1. The van der Waals surface area contributed by atoms with Gasteiger partial charge in [0.1, 0.15) is 12.7 Å². The molecule has 0 radical (unpaired) electrons. The Hall–Kier alpha value is -2.53. The van der Waals surface area contributed by atoms with Gasteiger partial charge in [0.15, 0.2) is 11.5 Å². The van der Waals surface area contributed by atoms with E-state index in [2.05, 4.69) is 10.6 Å². The summed E-state index contributed by atoms with van der Waals surface area (Å²) < 4.78 is 11.6. The van der Waals surface area contributed by atoms with Crippen molar-refractivity contribution in [3.63, 3.8) is 0 Å². The summed E-state index contributed by atoms with van der Waals surface area (Å²) in [5.41, 5.74) is 1.12. The number of ether oxygens (including phenoxy) is 2. The van der Waals surface area contributed by atoms with Crippen molar-refractivity contribution < 1.29 is 14.3 Å². The number of fused-ring (bicyclic) bond motifs is 1. The molecule has 0 bridgehead atoms. The van der Waals surface area contributed by atoms with Crippen LogP contribution in [0.2, 0.25) is 0 Å². The lowest BCUT2D eigenvalue weighted by molar-refractivity contribution is -0.122. The maximum absolute atomic E-state index is 12.1. The predicted octanol–water partition coefficient (Wildman–Crippen LogP) is 1.77. The fraction of sp³-hybridized carbons (Fsp3) is 0.316. The third kappa shape index (κ3) is 4.06. The number of likely N-dealkylation sites (N-methyl/N-ethyl adjacent to an activating group) is 1. The van der Waals surface area contributed by atoms with Crippen LogP contribution in [0.3, 0.4) is 0 Å². The molecule has 2 aromatic rings. The molecule has 0 saturated heterocycles. The van der Waals surface area contributed by atoms with Crippen molar-refractivity contribution in [3.8, 4) is 11.5 Å². The van der Waals surface area contributed by atoms with Gasteiger partial charge >= 0.3 is 0 Å². The largest absolute Gasteiger partial charge is 0.486 e. The van der Waals surface area contributed by atoms with Crippen LogP contribution in [0, 0.1) is 0 Å². The zero-order valence-electron chi connectivity index (χ0n) is 13.7. The van der Waals surface area contributed by atoms with E-state index in [0.717, 1.165) is 17.1 Å². The van der Waals surface area contributed by atoms with Gasteiger partial charge in [-0.2, -0.15) is 0 Å². The van der Waals surface area contributed by atoms with Gasteiger partial charge in [0, 0.05) is 13.6 Å². The van der Waals surface area contributed by atoms with E-state index in [1.807, 2.05) is 54.6 Å². The van der Waals surface area contributed by atoms with Crippen LogP contribution in [0.5, 0.6) is 11.5 Å². The Morgan fingerprint density at radius 1 is 1.12 bits per heavy atom. The molecule has 2 atom stereocenters. The number of para-hydroxylation sites is 2. The molecule has 2 N–H and O–H groups in total. The van der Waals surface area contributed by atoms with Crippen LogP contribution in [-0.2, 0) is 11.2 Å². The van der Waals surface area contributed by atoms with Gasteiger partial charge in [0.2, 0.25) is 5.91 Å². The maximum atomic E-state index is 12.1. The molecule has 3 rings (SSSR count). The first-order valence-corrected chi connectivity index (χ1v) is 8.13. The molecule has 126 valence electrons. The SMILES string of the molecule is CNC(=O)[C@H](Cc1ccccc1)NC[C@H]1COc2ccccc2O1. The van der Waals surface area contributed by atoms with E-state index in [4.69, 9.17) is 9.47 Å². The van der Waals surface area contributed by atoms with Gasteiger partial charge in [0.25, 0.3) is 0 Å². The van der Waals surface area contributed by atoms with Gasteiger partial charge in [-0.25, -0.2) is 0 Å². The van der Waals surface area contributed by atoms with E-state index < -0.39 is 0 Å². The van der Waals surface area contributed by atoms with Gasteiger partial charge in [-0.1, -0.05) is 42.5 Å². The van der Waals surface area contributed by atoms with Gasteiger partial charge in [0.05, 0.1) is 6.04 Å². The minimum Gasteiger partial charge on any atom is -0.486 e. The Kier molecular flexibility index (Phi) is 5.33. The highest BCUT2D eigenvalue weighted by Crippen LogP contribution is 2.30. The normalized spacial score (nSPS) is 17.1. The Morgan fingerprint density at radius 2 is 1.83 bits per heavy atom. The zero-order chi connectivity index (χ0) is 16.8. The number of rotatable bonds is 6. The molecular formula is C19H22N2O3. The van der Waals surface area contributed by atoms with Gasteiger partial charge in [-0.15, -0.1) is 0 Å². The van der Waals surface area contributed by atoms with Crippen molar-refractivity contribution in [2.45, 2.75) is 18.6 Å². The molecular weight excluding hydrogens is 304 g/mol. The summed E-state index contributed by atoms with van der Waals surface area (Å²) in [6.45, 7) is 1.01. The van der Waals surface area contributed by atoms with Gasteiger partial charge in [-0.05, 0) is 24.1 Å². The number of benzene rings is 2. The number of nitrogens with one attached hydrogen (secondary N) is 2. The fourth-order valence-electron chi connectivity index (χ4n) is 2.72. The highest BCUT2D eigenvalue weighted by molar-refractivity contribution is 5.81. The molecule has 0 fully saturated rings. The number of carbonyl (C=O) groups is 1. The lowest BCUT2D eigenvalue weighted by atomic mass is 10.1. The summed E-state index contributed by atoms with van der Waals surface area (Å²) >= 11 is 0. The molecule has 1 amide bonds. The Balaban J connectivity index is 1.59. The summed E-state index contributed by atoms with van der Waals surface area (Å²) in [6, 6.07) is 17.3. The van der Waals surface area contributed by atoms with E-state index in [-0.39, 0.29) is 18.1 Å². The van der Waals surface area contributed by atoms with Crippen LogP contribution in [0.1, 0.15) is 5.56 Å². The second-order valence-corrected chi connectivity index (χ2v) is 5.76. The molecule has 1 aliphatic heterocycles.